The molecule has 1 unspecified atom stereocenters. The van der Waals surface area contributed by atoms with Crippen molar-refractivity contribution in [1.82, 2.24) is 0 Å². The van der Waals surface area contributed by atoms with Crippen LogP contribution >= 0.6 is 10.8 Å². The maximum Gasteiger partial charge on any atom is 0.00684 e. The Morgan fingerprint density at radius 2 is 1.92 bits per heavy atom. The highest BCUT2D eigenvalue weighted by molar-refractivity contribution is 8.67. The van der Waals surface area contributed by atoms with Gasteiger partial charge in [0.2, 0.25) is 0 Å². The Labute approximate surface area is 85.4 Å². The van der Waals surface area contributed by atoms with Crippen LogP contribution in [0, 0.1) is 6.92 Å². The molecule has 0 heterocycles. The van der Waals surface area contributed by atoms with Crippen LogP contribution in [0.25, 0.3) is 0 Å². The molecule has 1 atom stereocenters. The van der Waals surface area contributed by atoms with Crippen LogP contribution in [0.4, 0.5) is 0 Å². The topological polar surface area (TPSA) is 40.1 Å². The fourth-order valence-electron chi connectivity index (χ4n) is 0.631. The first kappa shape index (κ1) is 12.7. The minimum Gasteiger partial charge on any atom is -0.764 e. The largest absolute Gasteiger partial charge is 0.764 e. The minimum atomic E-state index is -1.90. The van der Waals surface area contributed by atoms with E-state index in [4.69, 9.17) is 0 Å². The minimum absolute atomic E-state index is 0.635. The van der Waals surface area contributed by atoms with Crippen LogP contribution in [0.2, 0.25) is 0 Å². The molecule has 0 bridgehead atoms. The Hall–Kier alpha value is -0.320. The fourth-order valence-corrected chi connectivity index (χ4v) is 1.40. The van der Waals surface area contributed by atoms with E-state index in [1.165, 1.54) is 5.56 Å². The third kappa shape index (κ3) is 9.60. The highest BCUT2D eigenvalue weighted by Gasteiger charge is 1.73. The summed E-state index contributed by atoms with van der Waals surface area (Å²) in [7, 11) is -0.996. The van der Waals surface area contributed by atoms with Gasteiger partial charge in [0.15, 0.2) is 0 Å². The summed E-state index contributed by atoms with van der Waals surface area (Å²) in [6.07, 6.45) is 0. The molecule has 74 valence electrons. The van der Waals surface area contributed by atoms with Crippen molar-refractivity contribution in [2.24, 2.45) is 0 Å². The van der Waals surface area contributed by atoms with Gasteiger partial charge in [-0.2, -0.15) is 0 Å². The summed E-state index contributed by atoms with van der Waals surface area (Å²) in [6, 6.07) is 10.3. The molecule has 0 aliphatic heterocycles. The molecule has 0 saturated heterocycles. The number of aryl methyl sites for hydroxylation is 1. The van der Waals surface area contributed by atoms with E-state index >= 15 is 0 Å². The van der Waals surface area contributed by atoms with Crippen molar-refractivity contribution in [2.45, 2.75) is 13.8 Å². The molecule has 0 fully saturated rings. The highest BCUT2D eigenvalue weighted by atomic mass is 33.1. The van der Waals surface area contributed by atoms with Gasteiger partial charge in [0.05, 0.1) is 0 Å². The lowest BCUT2D eigenvalue weighted by Crippen LogP contribution is -1.76. The monoisotopic (exact) mass is 217 g/mol. The zero-order valence-corrected chi connectivity index (χ0v) is 9.36. The first-order valence-corrected chi connectivity index (χ1v) is 6.48. The first-order valence-electron chi connectivity index (χ1n) is 3.91. The van der Waals surface area contributed by atoms with Gasteiger partial charge >= 0.3 is 0 Å². The Kier molecular flexibility index (Phi) is 8.08. The Morgan fingerprint density at radius 1 is 1.38 bits per heavy atom. The van der Waals surface area contributed by atoms with Crippen molar-refractivity contribution < 1.29 is 8.76 Å². The molecular weight excluding hydrogens is 204 g/mol. The SMILES string of the molecule is CCSS(=O)[O-].Cc1ccccc1. The molecule has 0 spiro atoms. The van der Waals surface area contributed by atoms with Gasteiger partial charge < -0.3 is 4.55 Å². The summed E-state index contributed by atoms with van der Waals surface area (Å²) in [5.74, 6) is 0.635. The maximum absolute atomic E-state index is 9.56. The van der Waals surface area contributed by atoms with Crippen molar-refractivity contribution in [3.63, 3.8) is 0 Å². The Bertz CT molecular complexity index is 237. The zero-order chi connectivity index (χ0) is 10.1. The standard InChI is InChI=1S/C7H8.C2H6O2S2/c1-7-5-3-2-4-6-7;1-2-5-6(3)4/h2-6H,1H3;2H2,1H3,(H,3,4)/p-1. The second kappa shape index (κ2) is 8.29. The fraction of sp³-hybridized carbons (Fsp3) is 0.333. The van der Waals surface area contributed by atoms with Crippen LogP contribution in [0.15, 0.2) is 30.3 Å². The van der Waals surface area contributed by atoms with Gasteiger partial charge in [0.1, 0.15) is 0 Å². The lowest BCUT2D eigenvalue weighted by molar-refractivity contribution is 0.553. The lowest BCUT2D eigenvalue weighted by Gasteiger charge is -1.96. The molecule has 0 radical (unpaired) electrons. The van der Waals surface area contributed by atoms with Crippen LogP contribution in [-0.2, 0) is 10.1 Å². The lowest BCUT2D eigenvalue weighted by atomic mass is 10.2. The predicted molar refractivity (Wildman–Crippen MR) is 58.2 cm³/mol. The van der Waals surface area contributed by atoms with Gasteiger partial charge in [-0.15, -0.1) is 0 Å². The smallest absolute Gasteiger partial charge is 0.00684 e. The predicted octanol–water partition coefficient (Wildman–Crippen LogP) is 2.53. The summed E-state index contributed by atoms with van der Waals surface area (Å²) in [6.45, 7) is 3.88. The molecule has 0 amide bonds. The van der Waals surface area contributed by atoms with E-state index in [2.05, 4.69) is 19.1 Å². The van der Waals surface area contributed by atoms with E-state index in [-0.39, 0.29) is 0 Å². The third-order valence-electron chi connectivity index (χ3n) is 1.15. The number of hydrogen-bond donors (Lipinski definition) is 0. The second-order valence-corrected chi connectivity index (χ2v) is 5.01. The van der Waals surface area contributed by atoms with Gasteiger partial charge in [0.25, 0.3) is 0 Å². The van der Waals surface area contributed by atoms with Crippen molar-refractivity contribution in [3.05, 3.63) is 35.9 Å². The summed E-state index contributed by atoms with van der Waals surface area (Å²) < 4.78 is 19.1. The molecule has 4 heteroatoms. The highest BCUT2D eigenvalue weighted by Crippen LogP contribution is 2.00. The van der Waals surface area contributed by atoms with E-state index in [9.17, 15) is 8.76 Å². The van der Waals surface area contributed by atoms with E-state index in [0.717, 1.165) is 10.8 Å². The first-order chi connectivity index (χ1) is 6.16. The average molecular weight is 217 g/mol. The Balaban J connectivity index is 0.000000226. The quantitative estimate of drug-likeness (QED) is 0.564. The van der Waals surface area contributed by atoms with Crippen LogP contribution < -0.4 is 0 Å². The maximum atomic E-state index is 9.56. The third-order valence-corrected chi connectivity index (χ3v) is 2.87. The molecule has 13 heavy (non-hydrogen) atoms. The van der Waals surface area contributed by atoms with Gasteiger partial charge in [-0.1, -0.05) is 53.6 Å². The van der Waals surface area contributed by atoms with Gasteiger partial charge in [-0.3, -0.25) is 4.21 Å². The molecule has 0 aromatic heterocycles. The zero-order valence-electron chi connectivity index (χ0n) is 7.73. The molecule has 0 aliphatic carbocycles. The van der Waals surface area contributed by atoms with Crippen LogP contribution in [0.1, 0.15) is 12.5 Å². The van der Waals surface area contributed by atoms with Crippen LogP contribution in [0.5, 0.6) is 0 Å². The summed E-state index contributed by atoms with van der Waals surface area (Å²) in [5.41, 5.74) is 1.32. The molecule has 0 N–H and O–H groups in total. The van der Waals surface area contributed by atoms with Crippen molar-refractivity contribution >= 4 is 20.9 Å². The number of hydrogen-bond acceptors (Lipinski definition) is 3. The number of benzene rings is 1. The molecule has 1 aromatic carbocycles. The molecule has 1 aromatic rings. The van der Waals surface area contributed by atoms with Crippen molar-refractivity contribution in [1.29, 1.82) is 0 Å². The number of rotatable bonds is 2. The summed E-state index contributed by atoms with van der Waals surface area (Å²) >= 11 is 0. The normalized spacial score (nSPS) is 11.3. The van der Waals surface area contributed by atoms with Crippen LogP contribution in [-0.4, -0.2) is 14.5 Å². The van der Waals surface area contributed by atoms with Gasteiger partial charge in [-0.25, -0.2) is 0 Å². The molecular formula is C9H13O2S2-. The van der Waals surface area contributed by atoms with Crippen LogP contribution in [0.3, 0.4) is 0 Å². The van der Waals surface area contributed by atoms with E-state index < -0.39 is 10.1 Å². The second-order valence-electron chi connectivity index (χ2n) is 2.27. The van der Waals surface area contributed by atoms with Crippen molar-refractivity contribution in [3.8, 4) is 0 Å². The van der Waals surface area contributed by atoms with Gasteiger partial charge in [-0.05, 0) is 6.92 Å². The molecule has 0 saturated carbocycles. The average Bonchev–Trinajstić information content (AvgIpc) is 2.06. The Morgan fingerprint density at radius 3 is 2.08 bits per heavy atom. The molecule has 1 rings (SSSR count). The van der Waals surface area contributed by atoms with Gasteiger partial charge in [0, 0.05) is 15.9 Å². The van der Waals surface area contributed by atoms with E-state index in [1.54, 1.807) is 6.92 Å². The summed E-state index contributed by atoms with van der Waals surface area (Å²) in [4.78, 5) is 0. The van der Waals surface area contributed by atoms with E-state index in [0.29, 0.717) is 5.75 Å². The molecule has 0 aliphatic rings. The van der Waals surface area contributed by atoms with Crippen molar-refractivity contribution in [2.75, 3.05) is 5.75 Å². The summed E-state index contributed by atoms with van der Waals surface area (Å²) in [5, 5.41) is 0. The van der Waals surface area contributed by atoms with E-state index in [1.807, 2.05) is 18.2 Å². The molecule has 2 nitrogen and oxygen atoms in total.